The molecule has 7 atom stereocenters. The summed E-state index contributed by atoms with van der Waals surface area (Å²) in [4.78, 5) is 12.9. The summed E-state index contributed by atoms with van der Waals surface area (Å²) >= 11 is 0. The van der Waals surface area contributed by atoms with Gasteiger partial charge in [-0.25, -0.2) is 0 Å². The van der Waals surface area contributed by atoms with E-state index in [2.05, 4.69) is 52.5 Å². The van der Waals surface area contributed by atoms with Crippen molar-refractivity contribution < 1.29 is 24.9 Å². The second-order valence-electron chi connectivity index (χ2n) is 14.4. The zero-order chi connectivity index (χ0) is 28.8. The van der Waals surface area contributed by atoms with E-state index in [9.17, 15) is 20.1 Å². The molecule has 0 aromatic heterocycles. The molecule has 0 aliphatic heterocycles. The lowest BCUT2D eigenvalue weighted by Crippen LogP contribution is -2.45. The zero-order valence-electron chi connectivity index (χ0n) is 25.1. The van der Waals surface area contributed by atoms with Crippen LogP contribution in [0.15, 0.2) is 47.1 Å². The van der Waals surface area contributed by atoms with Crippen LogP contribution in [0.5, 0.6) is 0 Å². The van der Waals surface area contributed by atoms with Gasteiger partial charge in [-0.05, 0) is 105 Å². The SMILES string of the molecule is C=C1/C(=C\C=C2/CCC[C@]3(C)[C@@H](C(C)/C=C4\CCC(C)(C)C4=O)CC[C@@H]23)C[C@@H](O)[C@H](OCCC(C)(C)O)[C@@H]1O. The molecule has 4 saturated carbocycles. The van der Waals surface area contributed by atoms with Gasteiger partial charge in [-0.2, -0.15) is 0 Å². The summed E-state index contributed by atoms with van der Waals surface area (Å²) in [5.41, 5.74) is 3.16. The molecule has 4 aliphatic carbocycles. The molecule has 39 heavy (non-hydrogen) atoms. The van der Waals surface area contributed by atoms with E-state index in [-0.39, 0.29) is 17.4 Å². The number of hydrogen-bond acceptors (Lipinski definition) is 5. The fraction of sp³-hybridized carbons (Fsp3) is 0.735. The number of ketones is 1. The average molecular weight is 541 g/mol. The Morgan fingerprint density at radius 3 is 2.46 bits per heavy atom. The Kier molecular flexibility index (Phi) is 8.89. The summed E-state index contributed by atoms with van der Waals surface area (Å²) in [5, 5.41) is 31.6. The molecule has 0 bridgehead atoms. The van der Waals surface area contributed by atoms with Crippen LogP contribution in [0.3, 0.4) is 0 Å². The number of rotatable bonds is 7. The van der Waals surface area contributed by atoms with Crippen LogP contribution in [-0.2, 0) is 9.53 Å². The lowest BCUT2D eigenvalue weighted by Gasteiger charge is -2.44. The first-order chi connectivity index (χ1) is 18.1. The summed E-state index contributed by atoms with van der Waals surface area (Å²) in [6.45, 7) is 16.8. The lowest BCUT2D eigenvalue weighted by atomic mass is 9.61. The van der Waals surface area contributed by atoms with E-state index in [4.69, 9.17) is 4.74 Å². The molecule has 5 heteroatoms. The maximum Gasteiger partial charge on any atom is 0.164 e. The Morgan fingerprint density at radius 2 is 1.82 bits per heavy atom. The number of fused-ring (bicyclic) bond motifs is 1. The fourth-order valence-electron chi connectivity index (χ4n) is 7.95. The minimum atomic E-state index is -0.968. The second kappa shape index (κ2) is 11.4. The molecule has 218 valence electrons. The highest BCUT2D eigenvalue weighted by atomic mass is 16.5. The zero-order valence-corrected chi connectivity index (χ0v) is 25.1. The first-order valence-corrected chi connectivity index (χ1v) is 15.2. The van der Waals surface area contributed by atoms with Crippen molar-refractivity contribution >= 4 is 5.78 Å². The second-order valence-corrected chi connectivity index (χ2v) is 14.4. The van der Waals surface area contributed by atoms with E-state index < -0.39 is 23.9 Å². The third-order valence-electron chi connectivity index (χ3n) is 10.5. The number of hydrogen-bond donors (Lipinski definition) is 3. The predicted octanol–water partition coefficient (Wildman–Crippen LogP) is 6.24. The number of Topliss-reactive ketones (excluding diaryl/α,β-unsaturated/α-hetero) is 1. The van der Waals surface area contributed by atoms with Crippen molar-refractivity contribution in [1.29, 1.82) is 0 Å². The molecule has 4 aliphatic rings. The minimum absolute atomic E-state index is 0.214. The monoisotopic (exact) mass is 540 g/mol. The molecule has 0 spiro atoms. The van der Waals surface area contributed by atoms with E-state index in [1.807, 2.05) is 0 Å². The minimum Gasteiger partial charge on any atom is -0.390 e. The summed E-state index contributed by atoms with van der Waals surface area (Å²) in [7, 11) is 0. The van der Waals surface area contributed by atoms with E-state index >= 15 is 0 Å². The van der Waals surface area contributed by atoms with Gasteiger partial charge in [0.15, 0.2) is 5.78 Å². The van der Waals surface area contributed by atoms with Crippen molar-refractivity contribution in [3.63, 3.8) is 0 Å². The number of aliphatic hydroxyl groups is 3. The van der Waals surface area contributed by atoms with Gasteiger partial charge in [-0.3, -0.25) is 4.79 Å². The van der Waals surface area contributed by atoms with Gasteiger partial charge < -0.3 is 20.1 Å². The van der Waals surface area contributed by atoms with Crippen molar-refractivity contribution in [1.82, 2.24) is 0 Å². The highest BCUT2D eigenvalue weighted by Gasteiger charge is 2.50. The summed E-state index contributed by atoms with van der Waals surface area (Å²) < 4.78 is 5.78. The Labute approximate surface area is 236 Å². The Morgan fingerprint density at radius 1 is 1.10 bits per heavy atom. The topological polar surface area (TPSA) is 87.0 Å². The average Bonchev–Trinajstić information content (AvgIpc) is 3.33. The van der Waals surface area contributed by atoms with Crippen molar-refractivity contribution in [2.45, 2.75) is 123 Å². The lowest BCUT2D eigenvalue weighted by molar-refractivity contribution is -0.121. The molecule has 0 heterocycles. The molecular weight excluding hydrogens is 488 g/mol. The molecule has 0 radical (unpaired) electrons. The third kappa shape index (κ3) is 6.37. The molecule has 1 unspecified atom stereocenters. The fourth-order valence-corrected chi connectivity index (χ4v) is 7.95. The van der Waals surface area contributed by atoms with E-state index in [0.29, 0.717) is 42.0 Å². The van der Waals surface area contributed by atoms with Crippen molar-refractivity contribution in [2.24, 2.45) is 28.6 Å². The summed E-state index contributed by atoms with van der Waals surface area (Å²) in [6, 6.07) is 0. The van der Waals surface area contributed by atoms with Gasteiger partial charge in [0.2, 0.25) is 0 Å². The van der Waals surface area contributed by atoms with Gasteiger partial charge in [0.05, 0.1) is 11.7 Å². The molecule has 0 aromatic carbocycles. The van der Waals surface area contributed by atoms with Crippen LogP contribution in [0.4, 0.5) is 0 Å². The number of aliphatic hydroxyl groups excluding tert-OH is 2. The van der Waals surface area contributed by atoms with Gasteiger partial charge >= 0.3 is 0 Å². The number of carbonyl (C=O) groups excluding carboxylic acids is 1. The number of allylic oxidation sites excluding steroid dienone is 5. The molecule has 4 fully saturated rings. The van der Waals surface area contributed by atoms with Crippen molar-refractivity contribution in [2.75, 3.05) is 6.61 Å². The van der Waals surface area contributed by atoms with Crippen LogP contribution in [0.25, 0.3) is 0 Å². The molecule has 3 N–H and O–H groups in total. The van der Waals surface area contributed by atoms with E-state index in [1.54, 1.807) is 13.8 Å². The largest absolute Gasteiger partial charge is 0.390 e. The highest BCUT2D eigenvalue weighted by Crippen LogP contribution is 2.60. The summed E-state index contributed by atoms with van der Waals surface area (Å²) in [6.07, 6.45) is 12.6. The first-order valence-electron chi connectivity index (χ1n) is 15.2. The highest BCUT2D eigenvalue weighted by molar-refractivity contribution is 6.01. The standard InChI is InChI=1S/C34H52O5/c1-21(19-25-14-16-32(3,4)31(25)37)26-12-13-27-23(9-8-15-34(26,27)7)10-11-24-20-28(35)30(29(36)22(24)2)39-18-17-33(5,6)38/h10-11,19,21,26-30,35-36,38H,2,8-9,12-18,20H2,1,3-7H3/b23-10+,24-11-,25-19+/t21?,26-,27+,28-,29-,30+,34-/m1/s1. The van der Waals surface area contributed by atoms with Crippen molar-refractivity contribution in [3.8, 4) is 0 Å². The molecule has 0 saturated heterocycles. The van der Waals surface area contributed by atoms with E-state index in [0.717, 1.165) is 36.8 Å². The maximum atomic E-state index is 12.9. The molecule has 0 amide bonds. The van der Waals surface area contributed by atoms with Crippen LogP contribution in [0, 0.1) is 28.6 Å². The Balaban J connectivity index is 1.45. The van der Waals surface area contributed by atoms with Gasteiger partial charge in [0.25, 0.3) is 0 Å². The van der Waals surface area contributed by atoms with Crippen LogP contribution in [0.2, 0.25) is 0 Å². The van der Waals surface area contributed by atoms with Crippen molar-refractivity contribution in [3.05, 3.63) is 47.1 Å². The van der Waals surface area contributed by atoms with Gasteiger partial charge in [-0.1, -0.05) is 58.1 Å². The van der Waals surface area contributed by atoms with E-state index in [1.165, 1.54) is 24.8 Å². The third-order valence-corrected chi connectivity index (χ3v) is 10.5. The van der Waals surface area contributed by atoms with Crippen LogP contribution < -0.4 is 0 Å². The number of carbonyl (C=O) groups is 1. The van der Waals surface area contributed by atoms with Gasteiger partial charge in [-0.15, -0.1) is 0 Å². The van der Waals surface area contributed by atoms with Crippen LogP contribution in [-0.4, -0.2) is 51.6 Å². The molecule has 5 nitrogen and oxygen atoms in total. The quantitative estimate of drug-likeness (QED) is 0.333. The normalized spacial score (nSPS) is 39.1. The van der Waals surface area contributed by atoms with Gasteiger partial charge in [0, 0.05) is 18.4 Å². The predicted molar refractivity (Wildman–Crippen MR) is 156 cm³/mol. The van der Waals surface area contributed by atoms with Crippen LogP contribution >= 0.6 is 0 Å². The smallest absolute Gasteiger partial charge is 0.164 e. The molecule has 0 aromatic rings. The van der Waals surface area contributed by atoms with Gasteiger partial charge in [0.1, 0.15) is 12.2 Å². The maximum absolute atomic E-state index is 12.9. The molecule has 4 rings (SSSR count). The number of ether oxygens (including phenoxy) is 1. The summed E-state index contributed by atoms with van der Waals surface area (Å²) in [5.74, 6) is 1.82. The first kappa shape index (κ1) is 30.4. The Hall–Kier alpha value is -1.53. The Bertz CT molecular complexity index is 1040. The van der Waals surface area contributed by atoms with Crippen LogP contribution in [0.1, 0.15) is 99.3 Å². The molecular formula is C34H52O5.